The molecule has 0 radical (unpaired) electrons. The van der Waals surface area contributed by atoms with E-state index in [1.165, 1.54) is 35.8 Å². The quantitative estimate of drug-likeness (QED) is 0.300. The highest BCUT2D eigenvalue weighted by molar-refractivity contribution is 9.10. The normalized spacial score (nSPS) is 16.2. The molecule has 1 unspecified atom stereocenters. The first kappa shape index (κ1) is 23.8. The summed E-state index contributed by atoms with van der Waals surface area (Å²) in [5.74, 6) is 0.828. The first-order chi connectivity index (χ1) is 16.9. The summed E-state index contributed by atoms with van der Waals surface area (Å²) >= 11 is 4.87. The lowest BCUT2D eigenvalue weighted by atomic mass is 10.1. The van der Waals surface area contributed by atoms with Gasteiger partial charge in [0.25, 0.3) is 5.91 Å². The fourth-order valence-corrected chi connectivity index (χ4v) is 5.62. The Morgan fingerprint density at radius 1 is 1.17 bits per heavy atom. The third-order valence-electron chi connectivity index (χ3n) is 6.08. The number of halogens is 2. The van der Waals surface area contributed by atoms with Gasteiger partial charge in [-0.25, -0.2) is 14.4 Å². The third kappa shape index (κ3) is 4.78. The van der Waals surface area contributed by atoms with Gasteiger partial charge in [0.15, 0.2) is 16.7 Å². The average Bonchev–Trinajstić information content (AvgIpc) is 3.49. The average molecular weight is 556 g/mol. The van der Waals surface area contributed by atoms with Crippen molar-refractivity contribution in [3.63, 3.8) is 0 Å². The van der Waals surface area contributed by atoms with Crippen molar-refractivity contribution in [1.29, 1.82) is 0 Å². The Kier molecular flexibility index (Phi) is 6.77. The first-order valence-corrected chi connectivity index (χ1v) is 12.8. The van der Waals surface area contributed by atoms with Gasteiger partial charge in [-0.3, -0.25) is 4.79 Å². The molecule has 180 valence electrons. The largest absolute Gasteiger partial charge is 0.366 e. The number of nitrogens with zero attached hydrogens (tertiary/aromatic N) is 5. The minimum Gasteiger partial charge on any atom is -0.366 e. The molecule has 1 aliphatic rings. The zero-order chi connectivity index (χ0) is 24.5. The van der Waals surface area contributed by atoms with Crippen LogP contribution in [0.25, 0.3) is 10.8 Å². The molecule has 2 aromatic carbocycles. The lowest BCUT2D eigenvalue weighted by molar-refractivity contribution is 0.0475. The fourth-order valence-electron chi connectivity index (χ4n) is 4.17. The maximum absolute atomic E-state index is 13.3. The molecule has 7 nitrogen and oxygen atoms in total. The number of carbonyl (C=O) groups is 1. The summed E-state index contributed by atoms with van der Waals surface area (Å²) in [4.78, 5) is 24.3. The van der Waals surface area contributed by atoms with Gasteiger partial charge in [-0.15, -0.1) is 0 Å². The molecule has 4 aromatic rings. The molecular formula is C25H23BrFN5O2S. The van der Waals surface area contributed by atoms with Crippen molar-refractivity contribution in [2.45, 2.75) is 39.1 Å². The lowest BCUT2D eigenvalue weighted by Crippen LogP contribution is -2.41. The van der Waals surface area contributed by atoms with Crippen LogP contribution < -0.4 is 0 Å². The maximum Gasteiger partial charge on any atom is 0.254 e. The minimum absolute atomic E-state index is 0.138. The molecule has 3 heterocycles. The van der Waals surface area contributed by atoms with Gasteiger partial charge < -0.3 is 14.2 Å². The third-order valence-corrected chi connectivity index (χ3v) is 7.39. The van der Waals surface area contributed by atoms with E-state index in [2.05, 4.69) is 24.9 Å². The highest BCUT2D eigenvalue weighted by atomic mass is 79.9. The van der Waals surface area contributed by atoms with Crippen LogP contribution in [-0.2, 0) is 17.9 Å². The van der Waals surface area contributed by atoms with Gasteiger partial charge in [0.05, 0.1) is 18.3 Å². The van der Waals surface area contributed by atoms with E-state index in [4.69, 9.17) is 14.7 Å². The van der Waals surface area contributed by atoms with Crippen LogP contribution in [0.3, 0.4) is 0 Å². The molecule has 0 spiro atoms. The van der Waals surface area contributed by atoms with Crippen LogP contribution in [0, 0.1) is 5.82 Å². The van der Waals surface area contributed by atoms with Gasteiger partial charge in [-0.2, -0.15) is 4.37 Å². The van der Waals surface area contributed by atoms with Crippen LogP contribution >= 0.6 is 27.5 Å². The zero-order valence-corrected chi connectivity index (χ0v) is 21.6. The van der Waals surface area contributed by atoms with E-state index in [0.29, 0.717) is 46.5 Å². The number of amides is 1. The Morgan fingerprint density at radius 3 is 2.66 bits per heavy atom. The number of benzene rings is 2. The smallest absolute Gasteiger partial charge is 0.254 e. The highest BCUT2D eigenvalue weighted by Gasteiger charge is 2.34. The molecule has 35 heavy (non-hydrogen) atoms. The molecule has 0 bridgehead atoms. The van der Waals surface area contributed by atoms with Crippen molar-refractivity contribution in [2.75, 3.05) is 6.54 Å². The Morgan fingerprint density at radius 2 is 1.91 bits per heavy atom. The Labute approximate surface area is 214 Å². The van der Waals surface area contributed by atoms with Gasteiger partial charge >= 0.3 is 0 Å². The molecule has 0 fully saturated rings. The molecule has 1 aliphatic heterocycles. The van der Waals surface area contributed by atoms with Gasteiger partial charge in [0.1, 0.15) is 16.5 Å². The number of hydrogen-bond acceptors (Lipinski definition) is 6. The van der Waals surface area contributed by atoms with E-state index in [9.17, 15) is 9.18 Å². The summed E-state index contributed by atoms with van der Waals surface area (Å²) in [6.07, 6.45) is -0.262. The molecule has 10 heteroatoms. The summed E-state index contributed by atoms with van der Waals surface area (Å²) in [6.45, 7) is 5.45. The van der Waals surface area contributed by atoms with E-state index in [0.717, 1.165) is 11.3 Å². The number of ether oxygens (including phenoxy) is 1. The Bertz CT molecular complexity index is 1340. The molecule has 0 saturated heterocycles. The predicted octanol–water partition coefficient (Wildman–Crippen LogP) is 5.80. The number of imidazole rings is 1. The van der Waals surface area contributed by atoms with E-state index in [1.54, 1.807) is 4.90 Å². The van der Waals surface area contributed by atoms with Gasteiger partial charge in [0.2, 0.25) is 0 Å². The molecule has 0 saturated carbocycles. The highest BCUT2D eigenvalue weighted by Crippen LogP contribution is 2.37. The fraction of sp³-hybridized carbons (Fsp3) is 0.280. The summed E-state index contributed by atoms with van der Waals surface area (Å²) < 4.78 is 26.5. The van der Waals surface area contributed by atoms with Crippen LogP contribution in [0.5, 0.6) is 0 Å². The van der Waals surface area contributed by atoms with E-state index in [-0.39, 0.29) is 23.9 Å². The van der Waals surface area contributed by atoms with Gasteiger partial charge in [-0.1, -0.05) is 30.3 Å². The van der Waals surface area contributed by atoms with E-state index >= 15 is 0 Å². The van der Waals surface area contributed by atoms with Crippen molar-refractivity contribution >= 4 is 33.4 Å². The minimum atomic E-state index is -0.366. The zero-order valence-electron chi connectivity index (χ0n) is 19.2. The molecule has 1 amide bonds. The number of aromatic nitrogens is 4. The van der Waals surface area contributed by atoms with Crippen molar-refractivity contribution in [3.05, 3.63) is 87.7 Å². The SMILES string of the molecule is CC1c2c(Br)nc(-c3nc([C@H](C)OCc4ccccc4)ns3)n2CCN1C(=O)c1ccc(F)cc1. The number of rotatable bonds is 6. The first-order valence-electron chi connectivity index (χ1n) is 11.2. The molecule has 2 aromatic heterocycles. The molecular weight excluding hydrogens is 533 g/mol. The van der Waals surface area contributed by atoms with E-state index < -0.39 is 0 Å². The van der Waals surface area contributed by atoms with Crippen LogP contribution in [0.1, 0.15) is 53.4 Å². The molecule has 0 N–H and O–H groups in total. The standard InChI is InChI=1S/C25H23BrFN5O2S/c1-15-20-21(26)28-23(32(20)13-12-31(15)25(33)18-8-10-19(27)11-9-18)24-29-22(30-35-24)16(2)34-14-17-6-4-3-5-7-17/h3-11,15-16H,12-14H2,1-2H3/t15?,16-/m0/s1. The summed E-state index contributed by atoms with van der Waals surface area (Å²) in [6, 6.07) is 15.4. The van der Waals surface area contributed by atoms with Crippen LogP contribution in [0.15, 0.2) is 59.2 Å². The second kappa shape index (κ2) is 9.96. The monoisotopic (exact) mass is 555 g/mol. The van der Waals surface area contributed by atoms with E-state index in [1.807, 2.05) is 44.2 Å². The number of carbonyl (C=O) groups excluding carboxylic acids is 1. The second-order valence-electron chi connectivity index (χ2n) is 8.34. The van der Waals surface area contributed by atoms with Crippen molar-refractivity contribution in [2.24, 2.45) is 0 Å². The predicted molar refractivity (Wildman–Crippen MR) is 134 cm³/mol. The number of hydrogen-bond donors (Lipinski definition) is 0. The Balaban J connectivity index is 1.34. The molecule has 0 aliphatic carbocycles. The van der Waals surface area contributed by atoms with Crippen molar-refractivity contribution in [3.8, 4) is 10.8 Å². The van der Waals surface area contributed by atoms with Crippen LogP contribution in [0.4, 0.5) is 4.39 Å². The molecule has 2 atom stereocenters. The second-order valence-corrected chi connectivity index (χ2v) is 9.84. The van der Waals surface area contributed by atoms with Gasteiger partial charge in [-0.05, 0) is 71.1 Å². The lowest BCUT2D eigenvalue weighted by Gasteiger charge is -2.35. The van der Waals surface area contributed by atoms with Crippen molar-refractivity contribution < 1.29 is 13.9 Å². The van der Waals surface area contributed by atoms with Crippen molar-refractivity contribution in [1.82, 2.24) is 23.8 Å². The summed E-state index contributed by atoms with van der Waals surface area (Å²) in [5.41, 5.74) is 2.45. The number of fused-ring (bicyclic) bond motifs is 1. The molecule has 5 rings (SSSR count). The summed E-state index contributed by atoms with van der Waals surface area (Å²) in [5, 5.41) is 0.702. The summed E-state index contributed by atoms with van der Waals surface area (Å²) in [7, 11) is 0. The van der Waals surface area contributed by atoms with Crippen LogP contribution in [-0.4, -0.2) is 36.3 Å². The topological polar surface area (TPSA) is 73.1 Å². The van der Waals surface area contributed by atoms with Gasteiger partial charge in [0, 0.05) is 18.7 Å². The van der Waals surface area contributed by atoms with Crippen LogP contribution in [0.2, 0.25) is 0 Å². The Hall–Kier alpha value is -2.95. The maximum atomic E-state index is 13.3.